The van der Waals surface area contributed by atoms with Gasteiger partial charge in [-0.3, -0.25) is 4.79 Å². The standard InChI is InChI=1S/C19H24N2O/c1-14-5-7-15(8-6-14)13-20-16-9-11-17(12-10-16)21-18(22)19(2,3)4/h5-12,20H,13H2,1-4H3,(H,21,22). The average Bonchev–Trinajstić information content (AvgIpc) is 2.47. The fourth-order valence-corrected chi connectivity index (χ4v) is 1.90. The topological polar surface area (TPSA) is 41.1 Å². The van der Waals surface area contributed by atoms with Crippen molar-refractivity contribution in [1.82, 2.24) is 0 Å². The van der Waals surface area contributed by atoms with Crippen LogP contribution in [0.4, 0.5) is 11.4 Å². The van der Waals surface area contributed by atoms with Crippen molar-refractivity contribution in [3.8, 4) is 0 Å². The molecule has 0 heterocycles. The van der Waals surface area contributed by atoms with Gasteiger partial charge >= 0.3 is 0 Å². The maximum Gasteiger partial charge on any atom is 0.229 e. The van der Waals surface area contributed by atoms with Crippen molar-refractivity contribution in [2.24, 2.45) is 5.41 Å². The maximum absolute atomic E-state index is 11.9. The molecule has 0 aliphatic heterocycles. The first-order valence-corrected chi connectivity index (χ1v) is 7.55. The summed E-state index contributed by atoms with van der Waals surface area (Å²) >= 11 is 0. The number of rotatable bonds is 4. The van der Waals surface area contributed by atoms with Crippen LogP contribution >= 0.6 is 0 Å². The monoisotopic (exact) mass is 296 g/mol. The SMILES string of the molecule is Cc1ccc(CNc2ccc(NC(=O)C(C)(C)C)cc2)cc1. The molecule has 2 N–H and O–H groups in total. The van der Waals surface area contributed by atoms with Crippen LogP contribution in [0.1, 0.15) is 31.9 Å². The third kappa shape index (κ3) is 4.62. The Morgan fingerprint density at radius 3 is 2.00 bits per heavy atom. The number of benzene rings is 2. The summed E-state index contributed by atoms with van der Waals surface area (Å²) in [5.74, 6) is 0.0212. The zero-order valence-electron chi connectivity index (χ0n) is 13.7. The van der Waals surface area contributed by atoms with Crippen LogP contribution in [0, 0.1) is 12.3 Å². The van der Waals surface area contributed by atoms with Crippen LogP contribution < -0.4 is 10.6 Å². The maximum atomic E-state index is 11.9. The highest BCUT2D eigenvalue weighted by Crippen LogP contribution is 2.19. The van der Waals surface area contributed by atoms with Gasteiger partial charge in [-0.2, -0.15) is 0 Å². The highest BCUT2D eigenvalue weighted by atomic mass is 16.2. The summed E-state index contributed by atoms with van der Waals surface area (Å²) in [5.41, 5.74) is 3.98. The molecule has 2 aromatic carbocycles. The number of hydrogen-bond donors (Lipinski definition) is 2. The molecular weight excluding hydrogens is 272 g/mol. The van der Waals surface area contributed by atoms with Crippen molar-refractivity contribution < 1.29 is 4.79 Å². The van der Waals surface area contributed by atoms with Gasteiger partial charge in [0.1, 0.15) is 0 Å². The minimum Gasteiger partial charge on any atom is -0.381 e. The molecule has 22 heavy (non-hydrogen) atoms. The summed E-state index contributed by atoms with van der Waals surface area (Å²) < 4.78 is 0. The Hall–Kier alpha value is -2.29. The van der Waals surface area contributed by atoms with Crippen LogP contribution in [0.5, 0.6) is 0 Å². The molecule has 0 saturated heterocycles. The Balaban J connectivity index is 1.92. The summed E-state index contributed by atoms with van der Waals surface area (Å²) in [6.45, 7) is 8.58. The molecule has 0 radical (unpaired) electrons. The van der Waals surface area contributed by atoms with Gasteiger partial charge in [0, 0.05) is 23.3 Å². The lowest BCUT2D eigenvalue weighted by Crippen LogP contribution is -2.27. The van der Waals surface area contributed by atoms with E-state index < -0.39 is 0 Å². The molecule has 0 aliphatic rings. The van der Waals surface area contributed by atoms with E-state index in [0.29, 0.717) is 0 Å². The van der Waals surface area contributed by atoms with Crippen LogP contribution in [-0.4, -0.2) is 5.91 Å². The molecule has 1 amide bonds. The van der Waals surface area contributed by atoms with Crippen molar-refractivity contribution in [2.45, 2.75) is 34.2 Å². The summed E-state index contributed by atoms with van der Waals surface area (Å²) in [5, 5.41) is 6.30. The number of carbonyl (C=O) groups is 1. The Kier molecular flexibility index (Phi) is 4.86. The predicted octanol–water partition coefficient (Wildman–Crippen LogP) is 4.59. The van der Waals surface area contributed by atoms with Gasteiger partial charge < -0.3 is 10.6 Å². The Morgan fingerprint density at radius 2 is 1.45 bits per heavy atom. The fourth-order valence-electron chi connectivity index (χ4n) is 1.90. The first-order valence-electron chi connectivity index (χ1n) is 7.55. The molecule has 116 valence electrons. The lowest BCUT2D eigenvalue weighted by atomic mass is 9.95. The van der Waals surface area contributed by atoms with Crippen LogP contribution in [0.3, 0.4) is 0 Å². The highest BCUT2D eigenvalue weighted by molar-refractivity contribution is 5.94. The fraction of sp³-hybridized carbons (Fsp3) is 0.316. The molecule has 0 unspecified atom stereocenters. The molecule has 0 aromatic heterocycles. The Bertz CT molecular complexity index is 622. The van der Waals surface area contributed by atoms with Gasteiger partial charge in [-0.1, -0.05) is 50.6 Å². The number of hydrogen-bond acceptors (Lipinski definition) is 2. The third-order valence-electron chi connectivity index (χ3n) is 3.44. The van der Waals surface area contributed by atoms with Gasteiger partial charge in [-0.15, -0.1) is 0 Å². The average molecular weight is 296 g/mol. The van der Waals surface area contributed by atoms with Gasteiger partial charge in [0.15, 0.2) is 0 Å². The predicted molar refractivity (Wildman–Crippen MR) is 93.0 cm³/mol. The molecule has 0 bridgehead atoms. The number of amides is 1. The van der Waals surface area contributed by atoms with Crippen molar-refractivity contribution in [3.63, 3.8) is 0 Å². The number of anilines is 2. The lowest BCUT2D eigenvalue weighted by Gasteiger charge is -2.17. The molecule has 3 heteroatoms. The first kappa shape index (κ1) is 16.1. The zero-order chi connectivity index (χ0) is 16.2. The van der Waals surface area contributed by atoms with Gasteiger partial charge in [-0.25, -0.2) is 0 Å². The quantitative estimate of drug-likeness (QED) is 0.866. The molecule has 0 saturated carbocycles. The second kappa shape index (κ2) is 6.65. The zero-order valence-corrected chi connectivity index (χ0v) is 13.7. The van der Waals surface area contributed by atoms with E-state index in [-0.39, 0.29) is 11.3 Å². The van der Waals surface area contributed by atoms with Crippen molar-refractivity contribution >= 4 is 17.3 Å². The summed E-state index contributed by atoms with van der Waals surface area (Å²) in [7, 11) is 0. The molecule has 0 spiro atoms. The van der Waals surface area contributed by atoms with E-state index in [0.717, 1.165) is 17.9 Å². The molecule has 0 aliphatic carbocycles. The number of aryl methyl sites for hydroxylation is 1. The van der Waals surface area contributed by atoms with E-state index in [4.69, 9.17) is 0 Å². The van der Waals surface area contributed by atoms with Gasteiger partial charge in [-0.05, 0) is 36.8 Å². The van der Waals surface area contributed by atoms with E-state index in [1.165, 1.54) is 11.1 Å². The molecule has 0 atom stereocenters. The van der Waals surface area contributed by atoms with E-state index in [9.17, 15) is 4.79 Å². The summed E-state index contributed by atoms with van der Waals surface area (Å²) in [6, 6.07) is 16.3. The molecule has 0 fully saturated rings. The van der Waals surface area contributed by atoms with Crippen molar-refractivity contribution in [3.05, 3.63) is 59.7 Å². The van der Waals surface area contributed by atoms with E-state index >= 15 is 0 Å². The van der Waals surface area contributed by atoms with Crippen LogP contribution in [0.2, 0.25) is 0 Å². The first-order chi connectivity index (χ1) is 10.3. The molecule has 2 aromatic rings. The second-order valence-corrected chi connectivity index (χ2v) is 6.62. The van der Waals surface area contributed by atoms with E-state index in [1.54, 1.807) is 0 Å². The van der Waals surface area contributed by atoms with Crippen LogP contribution in [-0.2, 0) is 11.3 Å². The van der Waals surface area contributed by atoms with E-state index in [2.05, 4.69) is 41.8 Å². The van der Waals surface area contributed by atoms with Crippen LogP contribution in [0.25, 0.3) is 0 Å². The second-order valence-electron chi connectivity index (χ2n) is 6.62. The Labute approximate surface area is 132 Å². The van der Waals surface area contributed by atoms with E-state index in [1.807, 2.05) is 45.0 Å². The molecular formula is C19H24N2O. The minimum absolute atomic E-state index is 0.0212. The van der Waals surface area contributed by atoms with Crippen LogP contribution in [0.15, 0.2) is 48.5 Å². The minimum atomic E-state index is -0.387. The molecule has 2 rings (SSSR count). The van der Waals surface area contributed by atoms with Crippen molar-refractivity contribution in [2.75, 3.05) is 10.6 Å². The smallest absolute Gasteiger partial charge is 0.229 e. The Morgan fingerprint density at radius 1 is 0.909 bits per heavy atom. The largest absolute Gasteiger partial charge is 0.381 e. The summed E-state index contributed by atoms with van der Waals surface area (Å²) in [6.07, 6.45) is 0. The molecule has 3 nitrogen and oxygen atoms in total. The van der Waals surface area contributed by atoms with Gasteiger partial charge in [0.2, 0.25) is 5.91 Å². The number of nitrogens with one attached hydrogen (secondary N) is 2. The third-order valence-corrected chi connectivity index (χ3v) is 3.44. The summed E-state index contributed by atoms with van der Waals surface area (Å²) in [4.78, 5) is 11.9. The highest BCUT2D eigenvalue weighted by Gasteiger charge is 2.20. The van der Waals surface area contributed by atoms with Gasteiger partial charge in [0.05, 0.1) is 0 Å². The van der Waals surface area contributed by atoms with Crippen molar-refractivity contribution in [1.29, 1.82) is 0 Å². The lowest BCUT2D eigenvalue weighted by molar-refractivity contribution is -0.123. The number of carbonyl (C=O) groups excluding carboxylic acids is 1. The normalized spacial score (nSPS) is 11.1. The van der Waals surface area contributed by atoms with Gasteiger partial charge in [0.25, 0.3) is 0 Å².